The molecule has 1 aromatic rings. The minimum absolute atomic E-state index is 0.178. The molecule has 2 aliphatic rings. The maximum atomic E-state index is 13.3. The summed E-state index contributed by atoms with van der Waals surface area (Å²) in [7, 11) is 0. The molecule has 0 aromatic carbocycles. The van der Waals surface area contributed by atoms with Crippen LogP contribution >= 0.6 is 0 Å². The summed E-state index contributed by atoms with van der Waals surface area (Å²) in [5.74, 6) is 0.821. The summed E-state index contributed by atoms with van der Waals surface area (Å²) in [5.41, 5.74) is 0.678. The Morgan fingerprint density at radius 3 is 2.66 bits per heavy atom. The Kier molecular flexibility index (Phi) is 7.55. The van der Waals surface area contributed by atoms with Crippen molar-refractivity contribution in [3.05, 3.63) is 23.9 Å². The van der Waals surface area contributed by atoms with Gasteiger partial charge in [-0.25, -0.2) is 9.78 Å². The number of unbranched alkanes of at least 4 members (excludes halogenated alkanes) is 1. The van der Waals surface area contributed by atoms with E-state index in [0.29, 0.717) is 6.04 Å². The number of nitrogens with zero attached hydrogens (tertiary/aromatic N) is 3. The Balaban J connectivity index is 1.94. The summed E-state index contributed by atoms with van der Waals surface area (Å²) in [6, 6.07) is 4.72. The number of likely N-dealkylation sites (tertiary alicyclic amines) is 1. The summed E-state index contributed by atoms with van der Waals surface area (Å²) < 4.78 is 5.85. The van der Waals surface area contributed by atoms with Gasteiger partial charge in [-0.05, 0) is 72.0 Å². The zero-order chi connectivity index (χ0) is 20.9. The topological polar surface area (TPSA) is 45.7 Å². The summed E-state index contributed by atoms with van der Waals surface area (Å²) in [6.07, 6.45) is 12.0. The fraction of sp³-hybridized carbons (Fsp3) is 0.750. The molecule has 1 amide bonds. The van der Waals surface area contributed by atoms with Crippen molar-refractivity contribution in [2.24, 2.45) is 0 Å². The van der Waals surface area contributed by atoms with Gasteiger partial charge >= 0.3 is 6.09 Å². The molecule has 5 heteroatoms. The molecule has 5 nitrogen and oxygen atoms in total. The summed E-state index contributed by atoms with van der Waals surface area (Å²) >= 11 is 0. The van der Waals surface area contributed by atoms with Crippen LogP contribution < -0.4 is 4.90 Å². The maximum Gasteiger partial charge on any atom is 0.416 e. The van der Waals surface area contributed by atoms with Gasteiger partial charge in [0.1, 0.15) is 11.4 Å². The van der Waals surface area contributed by atoms with Crippen molar-refractivity contribution < 1.29 is 9.53 Å². The number of aromatic nitrogens is 1. The molecule has 0 spiro atoms. The van der Waals surface area contributed by atoms with Crippen LogP contribution in [-0.2, 0) is 4.74 Å². The van der Waals surface area contributed by atoms with E-state index in [2.05, 4.69) is 17.9 Å². The molecule has 1 saturated heterocycles. The first-order chi connectivity index (χ1) is 13.9. The molecule has 0 radical (unpaired) electrons. The van der Waals surface area contributed by atoms with Gasteiger partial charge < -0.3 is 4.74 Å². The first-order valence-corrected chi connectivity index (χ1v) is 11.6. The smallest absolute Gasteiger partial charge is 0.416 e. The molecule has 3 rings (SSSR count). The van der Waals surface area contributed by atoms with Crippen molar-refractivity contribution in [2.45, 2.75) is 103 Å². The first-order valence-electron chi connectivity index (χ1n) is 11.6. The summed E-state index contributed by atoms with van der Waals surface area (Å²) in [4.78, 5) is 22.6. The first kappa shape index (κ1) is 22.1. The maximum absolute atomic E-state index is 13.3. The number of hydrogen-bond acceptors (Lipinski definition) is 4. The van der Waals surface area contributed by atoms with E-state index in [0.717, 1.165) is 51.0 Å². The fourth-order valence-electron chi connectivity index (χ4n) is 4.74. The molecule has 1 aliphatic carbocycles. The van der Waals surface area contributed by atoms with E-state index in [1.54, 1.807) is 0 Å². The molecule has 1 unspecified atom stereocenters. The second-order valence-corrected chi connectivity index (χ2v) is 9.61. The van der Waals surface area contributed by atoms with Gasteiger partial charge in [-0.1, -0.05) is 38.7 Å². The highest BCUT2D eigenvalue weighted by atomic mass is 16.6. The highest BCUT2D eigenvalue weighted by molar-refractivity contribution is 5.88. The van der Waals surface area contributed by atoms with Crippen molar-refractivity contribution in [2.75, 3.05) is 18.0 Å². The van der Waals surface area contributed by atoms with Crippen LogP contribution in [0.15, 0.2) is 18.3 Å². The van der Waals surface area contributed by atoms with Crippen molar-refractivity contribution in [3.8, 4) is 0 Å². The summed E-state index contributed by atoms with van der Waals surface area (Å²) in [6.45, 7) is 10.3. The van der Waals surface area contributed by atoms with Crippen LogP contribution in [0.2, 0.25) is 0 Å². The molecule has 2 fully saturated rings. The number of carbonyl (C=O) groups excluding carboxylic acids is 1. The van der Waals surface area contributed by atoms with Crippen molar-refractivity contribution in [3.63, 3.8) is 0 Å². The average Bonchev–Trinajstić information content (AvgIpc) is 3.15. The standard InChI is InChI=1S/C24H39N3O2/c1-5-6-17-26-18-11-15-21(26)20-14-10-16-25-22(20)27(19-12-8-7-9-13-19)23(28)29-24(2,3)4/h10,14,16,19,21H,5-9,11-13,15,17-18H2,1-4H3. The normalized spacial score (nSPS) is 21.3. The van der Waals surface area contributed by atoms with Gasteiger partial charge in [-0.15, -0.1) is 0 Å². The third-order valence-corrected chi connectivity index (χ3v) is 6.10. The molecule has 162 valence electrons. The number of carbonyl (C=O) groups is 1. The van der Waals surface area contributed by atoms with Gasteiger partial charge in [0.25, 0.3) is 0 Å². The molecule has 2 heterocycles. The number of rotatable bonds is 6. The quantitative estimate of drug-likeness (QED) is 0.578. The number of ether oxygens (including phenoxy) is 1. The number of hydrogen-bond donors (Lipinski definition) is 0. The number of anilines is 1. The van der Waals surface area contributed by atoms with Crippen LogP contribution in [-0.4, -0.2) is 40.7 Å². The Bertz CT molecular complexity index is 664. The minimum Gasteiger partial charge on any atom is -0.443 e. The lowest BCUT2D eigenvalue weighted by atomic mass is 9.93. The predicted molar refractivity (Wildman–Crippen MR) is 118 cm³/mol. The van der Waals surface area contributed by atoms with E-state index in [1.165, 1.54) is 31.2 Å². The highest BCUT2D eigenvalue weighted by Crippen LogP contribution is 2.38. The molecule has 1 saturated carbocycles. The Morgan fingerprint density at radius 2 is 1.97 bits per heavy atom. The van der Waals surface area contributed by atoms with E-state index < -0.39 is 5.60 Å². The lowest BCUT2D eigenvalue weighted by Crippen LogP contribution is -2.45. The van der Waals surface area contributed by atoms with Crippen LogP contribution in [0.1, 0.15) is 97.1 Å². The SMILES string of the molecule is CCCCN1CCCC1c1cccnc1N(C(=O)OC(C)(C)C)C1CCCCC1. The van der Waals surface area contributed by atoms with E-state index in [9.17, 15) is 4.79 Å². The van der Waals surface area contributed by atoms with Crippen LogP contribution in [0.5, 0.6) is 0 Å². The molecule has 1 aliphatic heterocycles. The molecule has 1 aromatic heterocycles. The van der Waals surface area contributed by atoms with Crippen LogP contribution in [0.3, 0.4) is 0 Å². The van der Waals surface area contributed by atoms with Crippen LogP contribution in [0.25, 0.3) is 0 Å². The molecular formula is C24H39N3O2. The second kappa shape index (κ2) is 9.92. The zero-order valence-corrected chi connectivity index (χ0v) is 18.8. The van der Waals surface area contributed by atoms with Gasteiger partial charge in [0.05, 0.1) is 0 Å². The Labute approximate surface area is 176 Å². The largest absolute Gasteiger partial charge is 0.443 e. The minimum atomic E-state index is -0.514. The lowest BCUT2D eigenvalue weighted by molar-refractivity contribution is 0.0555. The van der Waals surface area contributed by atoms with E-state index in [-0.39, 0.29) is 12.1 Å². The van der Waals surface area contributed by atoms with Crippen molar-refractivity contribution in [1.82, 2.24) is 9.88 Å². The Hall–Kier alpha value is -1.62. The van der Waals surface area contributed by atoms with Crippen LogP contribution in [0, 0.1) is 0 Å². The number of amides is 1. The van der Waals surface area contributed by atoms with E-state index in [1.807, 2.05) is 37.9 Å². The Morgan fingerprint density at radius 1 is 1.21 bits per heavy atom. The molecule has 0 N–H and O–H groups in total. The second-order valence-electron chi connectivity index (χ2n) is 9.61. The van der Waals surface area contributed by atoms with E-state index >= 15 is 0 Å². The zero-order valence-electron chi connectivity index (χ0n) is 18.8. The molecule has 29 heavy (non-hydrogen) atoms. The van der Waals surface area contributed by atoms with Gasteiger partial charge in [0.2, 0.25) is 0 Å². The van der Waals surface area contributed by atoms with Gasteiger partial charge in [-0.2, -0.15) is 0 Å². The van der Waals surface area contributed by atoms with Gasteiger partial charge in [-0.3, -0.25) is 9.80 Å². The third kappa shape index (κ3) is 5.71. The number of pyridine rings is 1. The van der Waals surface area contributed by atoms with Gasteiger partial charge in [0.15, 0.2) is 0 Å². The van der Waals surface area contributed by atoms with E-state index in [4.69, 9.17) is 9.72 Å². The van der Waals surface area contributed by atoms with Crippen LogP contribution in [0.4, 0.5) is 10.6 Å². The third-order valence-electron chi connectivity index (χ3n) is 6.10. The predicted octanol–water partition coefficient (Wildman–Crippen LogP) is 6.09. The average molecular weight is 402 g/mol. The highest BCUT2D eigenvalue weighted by Gasteiger charge is 2.36. The fourth-order valence-corrected chi connectivity index (χ4v) is 4.74. The molecular weight excluding hydrogens is 362 g/mol. The molecule has 1 atom stereocenters. The van der Waals surface area contributed by atoms with Crippen molar-refractivity contribution in [1.29, 1.82) is 0 Å². The lowest BCUT2D eigenvalue weighted by Gasteiger charge is -2.37. The monoisotopic (exact) mass is 401 g/mol. The summed E-state index contributed by atoms with van der Waals surface area (Å²) in [5, 5.41) is 0. The van der Waals surface area contributed by atoms with Crippen molar-refractivity contribution >= 4 is 11.9 Å². The molecule has 0 bridgehead atoms. The van der Waals surface area contributed by atoms with Gasteiger partial charge in [0, 0.05) is 23.8 Å².